The summed E-state index contributed by atoms with van der Waals surface area (Å²) in [6.07, 6.45) is 0. The predicted molar refractivity (Wildman–Crippen MR) is 117 cm³/mol. The molecule has 0 aromatic heterocycles. The van der Waals surface area contributed by atoms with Gasteiger partial charge in [-0.05, 0) is 19.4 Å². The maximum atomic E-state index is 13.2. The van der Waals surface area contributed by atoms with Crippen molar-refractivity contribution in [1.82, 2.24) is 15.5 Å². The number of hydrogen-bond acceptors (Lipinski definition) is 9. The molecule has 1 atom stereocenters. The number of carbonyl (C=O) groups is 2. The van der Waals surface area contributed by atoms with Crippen LogP contribution in [-0.2, 0) is 19.1 Å². The lowest BCUT2D eigenvalue weighted by Crippen LogP contribution is -2.44. The van der Waals surface area contributed by atoms with E-state index < -0.39 is 22.8 Å². The molecule has 3 rings (SSSR count). The third-order valence-electron chi connectivity index (χ3n) is 5.65. The third kappa shape index (κ3) is 5.14. The molecule has 10 nitrogen and oxygen atoms in total. The van der Waals surface area contributed by atoms with Crippen LogP contribution in [0.15, 0.2) is 46.8 Å². The van der Waals surface area contributed by atoms with E-state index in [1.165, 1.54) is 25.3 Å². The van der Waals surface area contributed by atoms with Gasteiger partial charge in [-0.1, -0.05) is 12.1 Å². The fourth-order valence-corrected chi connectivity index (χ4v) is 4.08. The Bertz CT molecular complexity index is 965. The number of methoxy groups -OCH3 is 1. The van der Waals surface area contributed by atoms with Crippen molar-refractivity contribution in [3.63, 3.8) is 0 Å². The number of piperazine rings is 1. The van der Waals surface area contributed by atoms with Gasteiger partial charge < -0.3 is 20.1 Å². The molecular formula is C22H28N4O6. The largest absolute Gasteiger partial charge is 0.466 e. The van der Waals surface area contributed by atoms with E-state index in [0.717, 1.165) is 26.2 Å². The van der Waals surface area contributed by atoms with Crippen LogP contribution in [0.3, 0.4) is 0 Å². The zero-order valence-corrected chi connectivity index (χ0v) is 18.5. The Kier molecular flexibility index (Phi) is 7.60. The number of non-ortho nitro benzene ring substituents is 1. The normalized spacial score (nSPS) is 19.4. The second-order valence-corrected chi connectivity index (χ2v) is 7.71. The van der Waals surface area contributed by atoms with Gasteiger partial charge in [-0.2, -0.15) is 0 Å². The van der Waals surface area contributed by atoms with E-state index in [1.807, 2.05) is 0 Å². The Morgan fingerprint density at radius 2 is 1.81 bits per heavy atom. The van der Waals surface area contributed by atoms with Gasteiger partial charge in [0.15, 0.2) is 0 Å². The van der Waals surface area contributed by atoms with Crippen molar-refractivity contribution >= 4 is 17.6 Å². The number of ether oxygens (including phenoxy) is 2. The maximum absolute atomic E-state index is 13.2. The van der Waals surface area contributed by atoms with Crippen LogP contribution >= 0.6 is 0 Å². The minimum absolute atomic E-state index is 0.132. The molecule has 2 heterocycles. The minimum Gasteiger partial charge on any atom is -0.466 e. The van der Waals surface area contributed by atoms with Gasteiger partial charge in [0.1, 0.15) is 6.61 Å². The summed E-state index contributed by atoms with van der Waals surface area (Å²) in [5.41, 5.74) is 1.80. The van der Waals surface area contributed by atoms with Gasteiger partial charge in [0.05, 0.1) is 29.1 Å². The van der Waals surface area contributed by atoms with Crippen LogP contribution < -0.4 is 10.6 Å². The van der Waals surface area contributed by atoms with Crippen molar-refractivity contribution < 1.29 is 24.0 Å². The molecule has 2 N–H and O–H groups in total. The van der Waals surface area contributed by atoms with Gasteiger partial charge in [-0.3, -0.25) is 15.0 Å². The van der Waals surface area contributed by atoms with Crippen molar-refractivity contribution in [1.29, 1.82) is 0 Å². The fourth-order valence-electron chi connectivity index (χ4n) is 4.08. The van der Waals surface area contributed by atoms with Crippen molar-refractivity contribution in [3.05, 3.63) is 62.5 Å². The van der Waals surface area contributed by atoms with E-state index in [0.29, 0.717) is 23.5 Å². The maximum Gasteiger partial charge on any atom is 0.336 e. The van der Waals surface area contributed by atoms with Crippen LogP contribution in [0.2, 0.25) is 0 Å². The molecule has 2 aliphatic rings. The molecule has 2 aliphatic heterocycles. The monoisotopic (exact) mass is 444 g/mol. The quantitative estimate of drug-likeness (QED) is 0.365. The number of allylic oxidation sites excluding steroid dienone is 2. The van der Waals surface area contributed by atoms with Gasteiger partial charge in [-0.15, -0.1) is 0 Å². The van der Waals surface area contributed by atoms with Gasteiger partial charge in [-0.25, -0.2) is 9.59 Å². The summed E-state index contributed by atoms with van der Waals surface area (Å²) >= 11 is 0. The van der Waals surface area contributed by atoms with Crippen LogP contribution in [0.25, 0.3) is 0 Å². The molecule has 1 aromatic carbocycles. The summed E-state index contributed by atoms with van der Waals surface area (Å²) in [7, 11) is 1.25. The van der Waals surface area contributed by atoms with E-state index in [4.69, 9.17) is 9.47 Å². The Labute approximate surface area is 186 Å². The van der Waals surface area contributed by atoms with Gasteiger partial charge in [0.25, 0.3) is 5.69 Å². The molecule has 1 saturated heterocycles. The number of hydrogen-bond donors (Lipinski definition) is 2. The fraction of sp³-hybridized carbons (Fsp3) is 0.455. The first-order chi connectivity index (χ1) is 15.3. The number of nitrogens with one attached hydrogen (secondary N) is 2. The third-order valence-corrected chi connectivity index (χ3v) is 5.65. The molecule has 0 spiro atoms. The highest BCUT2D eigenvalue weighted by Gasteiger charge is 2.38. The van der Waals surface area contributed by atoms with E-state index in [2.05, 4.69) is 15.5 Å². The molecule has 0 amide bonds. The molecule has 1 aromatic rings. The second-order valence-electron chi connectivity index (χ2n) is 7.71. The van der Waals surface area contributed by atoms with Gasteiger partial charge in [0, 0.05) is 56.3 Å². The Morgan fingerprint density at radius 3 is 2.44 bits per heavy atom. The smallest absolute Gasteiger partial charge is 0.336 e. The molecule has 0 saturated carbocycles. The SMILES string of the molecule is COC(=O)C1=C(C)NC(C)=C(C(=O)OCCN2CCNCC2)C1c1cccc([N+](=O)[O-])c1. The minimum atomic E-state index is -0.852. The standard InChI is InChI=1S/C22H28N4O6/c1-14-18(21(27)31-3)20(16-5-4-6-17(13-16)26(29)30)19(15(2)24-14)22(28)32-12-11-25-9-7-23-8-10-25/h4-6,13,20,23-24H,7-12H2,1-3H3. The molecule has 0 aliphatic carbocycles. The predicted octanol–water partition coefficient (Wildman–Crippen LogP) is 1.45. The van der Waals surface area contributed by atoms with Crippen LogP contribution in [0.5, 0.6) is 0 Å². The van der Waals surface area contributed by atoms with E-state index in [-0.39, 0.29) is 23.4 Å². The first-order valence-electron chi connectivity index (χ1n) is 10.4. The molecule has 10 heteroatoms. The Morgan fingerprint density at radius 1 is 1.16 bits per heavy atom. The number of nitro groups is 1. The number of dihydropyridines is 1. The average Bonchev–Trinajstić information content (AvgIpc) is 2.78. The second kappa shape index (κ2) is 10.4. The van der Waals surface area contributed by atoms with E-state index in [9.17, 15) is 19.7 Å². The summed E-state index contributed by atoms with van der Waals surface area (Å²) < 4.78 is 10.5. The highest BCUT2D eigenvalue weighted by molar-refractivity contribution is 5.99. The van der Waals surface area contributed by atoms with Crippen molar-refractivity contribution in [2.45, 2.75) is 19.8 Å². The summed E-state index contributed by atoms with van der Waals surface area (Å²) in [5.74, 6) is -2.05. The lowest BCUT2D eigenvalue weighted by molar-refractivity contribution is -0.384. The Balaban J connectivity index is 1.91. The summed E-state index contributed by atoms with van der Waals surface area (Å²) in [6, 6.07) is 5.91. The molecule has 0 bridgehead atoms. The molecule has 0 radical (unpaired) electrons. The number of nitrogens with zero attached hydrogens (tertiary/aromatic N) is 2. The van der Waals surface area contributed by atoms with Gasteiger partial charge in [0.2, 0.25) is 0 Å². The summed E-state index contributed by atoms with van der Waals surface area (Å²) in [6.45, 7) is 7.77. The average molecular weight is 444 g/mol. The molecule has 1 fully saturated rings. The lowest BCUT2D eigenvalue weighted by Gasteiger charge is -2.30. The molecule has 32 heavy (non-hydrogen) atoms. The van der Waals surface area contributed by atoms with E-state index >= 15 is 0 Å². The lowest BCUT2D eigenvalue weighted by atomic mass is 9.80. The van der Waals surface area contributed by atoms with Crippen LogP contribution in [-0.4, -0.2) is 68.2 Å². The number of esters is 2. The van der Waals surface area contributed by atoms with Crippen LogP contribution in [0.1, 0.15) is 25.3 Å². The number of rotatable bonds is 7. The zero-order valence-electron chi connectivity index (χ0n) is 18.5. The highest BCUT2D eigenvalue weighted by Crippen LogP contribution is 2.40. The zero-order chi connectivity index (χ0) is 23.3. The van der Waals surface area contributed by atoms with Crippen molar-refractivity contribution in [2.75, 3.05) is 46.4 Å². The molecular weight excluding hydrogens is 416 g/mol. The number of benzene rings is 1. The number of nitro benzene ring substituents is 1. The topological polar surface area (TPSA) is 123 Å². The van der Waals surface area contributed by atoms with Gasteiger partial charge >= 0.3 is 11.9 Å². The molecule has 172 valence electrons. The Hall–Kier alpha value is -3.24. The number of carbonyl (C=O) groups excluding carboxylic acids is 2. The first kappa shape index (κ1) is 23.4. The first-order valence-corrected chi connectivity index (χ1v) is 10.4. The summed E-state index contributed by atoms with van der Waals surface area (Å²) in [4.78, 5) is 38.8. The van der Waals surface area contributed by atoms with Crippen LogP contribution in [0, 0.1) is 10.1 Å². The molecule has 1 unspecified atom stereocenters. The summed E-state index contributed by atoms with van der Waals surface area (Å²) in [5, 5.41) is 17.6. The highest BCUT2D eigenvalue weighted by atomic mass is 16.6. The van der Waals surface area contributed by atoms with Crippen molar-refractivity contribution in [3.8, 4) is 0 Å². The van der Waals surface area contributed by atoms with E-state index in [1.54, 1.807) is 19.9 Å². The van der Waals surface area contributed by atoms with Crippen LogP contribution in [0.4, 0.5) is 5.69 Å². The van der Waals surface area contributed by atoms with Crippen molar-refractivity contribution in [2.24, 2.45) is 0 Å².